The molecule has 1 atom stereocenters. The maximum Gasteiger partial charge on any atom is 0.242 e. The number of hydrogen-bond donors (Lipinski definition) is 1. The zero-order valence-electron chi connectivity index (χ0n) is 19.3. The van der Waals surface area contributed by atoms with Crippen LogP contribution in [0.4, 0.5) is 0 Å². The van der Waals surface area contributed by atoms with E-state index in [9.17, 15) is 9.59 Å². The maximum absolute atomic E-state index is 13.5. The normalized spacial score (nSPS) is 11.6. The Hall–Kier alpha value is -2.47. The standard InChI is InChI=1S/C27H28Cl2N2O2S/c1-19-11-13-21(14-12-19)17-34-18-26(32)31(16-22-23(28)9-6-10-24(22)29)25(27(33)30-2)15-20-7-4-3-5-8-20/h3-14,25H,15-18H2,1-2H3,(H,30,33)/t25-/m0/s1. The zero-order chi connectivity index (χ0) is 24.5. The first-order valence-corrected chi connectivity index (χ1v) is 12.9. The summed E-state index contributed by atoms with van der Waals surface area (Å²) in [5.74, 6) is 0.565. The molecule has 3 aromatic rings. The van der Waals surface area contributed by atoms with Gasteiger partial charge >= 0.3 is 0 Å². The molecule has 3 aromatic carbocycles. The Morgan fingerprint density at radius 2 is 1.56 bits per heavy atom. The lowest BCUT2D eigenvalue weighted by molar-refractivity contribution is -0.139. The van der Waals surface area contributed by atoms with Gasteiger partial charge < -0.3 is 10.2 Å². The number of carbonyl (C=O) groups excluding carboxylic acids is 2. The fourth-order valence-corrected chi connectivity index (χ4v) is 4.99. The minimum Gasteiger partial charge on any atom is -0.357 e. The second kappa shape index (κ2) is 12.8. The van der Waals surface area contributed by atoms with Gasteiger partial charge in [0.05, 0.1) is 5.75 Å². The van der Waals surface area contributed by atoms with E-state index in [4.69, 9.17) is 23.2 Å². The van der Waals surface area contributed by atoms with Crippen LogP contribution in [-0.4, -0.2) is 35.6 Å². The Morgan fingerprint density at radius 1 is 0.912 bits per heavy atom. The van der Waals surface area contributed by atoms with E-state index in [-0.39, 0.29) is 24.1 Å². The van der Waals surface area contributed by atoms with Crippen LogP contribution in [-0.2, 0) is 28.3 Å². The summed E-state index contributed by atoms with van der Waals surface area (Å²) in [5, 5.41) is 3.65. The van der Waals surface area contributed by atoms with Gasteiger partial charge in [0.25, 0.3) is 0 Å². The molecule has 0 saturated heterocycles. The summed E-state index contributed by atoms with van der Waals surface area (Å²) in [5.41, 5.74) is 3.94. The highest BCUT2D eigenvalue weighted by Crippen LogP contribution is 2.27. The van der Waals surface area contributed by atoms with Crippen molar-refractivity contribution in [2.75, 3.05) is 12.8 Å². The molecule has 0 fully saturated rings. The maximum atomic E-state index is 13.5. The van der Waals surface area contributed by atoms with Crippen LogP contribution in [0.2, 0.25) is 10.0 Å². The van der Waals surface area contributed by atoms with Crippen LogP contribution in [0, 0.1) is 6.92 Å². The van der Waals surface area contributed by atoms with Crippen molar-refractivity contribution in [3.8, 4) is 0 Å². The Morgan fingerprint density at radius 3 is 2.18 bits per heavy atom. The molecule has 0 aliphatic carbocycles. The molecule has 0 unspecified atom stereocenters. The van der Waals surface area contributed by atoms with Crippen LogP contribution in [0.5, 0.6) is 0 Å². The number of nitrogens with zero attached hydrogens (tertiary/aromatic N) is 1. The van der Waals surface area contributed by atoms with E-state index in [1.54, 1.807) is 30.1 Å². The molecule has 2 amide bonds. The van der Waals surface area contributed by atoms with Gasteiger partial charge in [-0.1, -0.05) is 89.4 Å². The smallest absolute Gasteiger partial charge is 0.242 e. The Kier molecular flexibility index (Phi) is 9.87. The molecule has 0 aliphatic heterocycles. The number of halogens is 2. The Balaban J connectivity index is 1.85. The van der Waals surface area contributed by atoms with Gasteiger partial charge in [0.15, 0.2) is 0 Å². The molecule has 0 bridgehead atoms. The summed E-state index contributed by atoms with van der Waals surface area (Å²) < 4.78 is 0. The van der Waals surface area contributed by atoms with Gasteiger partial charge in [-0.05, 0) is 30.2 Å². The molecule has 0 radical (unpaired) electrons. The summed E-state index contributed by atoms with van der Waals surface area (Å²) in [6, 6.07) is 22.5. The second-order valence-corrected chi connectivity index (χ2v) is 9.82. The van der Waals surface area contributed by atoms with Gasteiger partial charge in [0.2, 0.25) is 11.8 Å². The van der Waals surface area contributed by atoms with E-state index in [1.165, 1.54) is 17.3 Å². The van der Waals surface area contributed by atoms with Crippen molar-refractivity contribution in [2.45, 2.75) is 31.7 Å². The van der Waals surface area contributed by atoms with Crippen LogP contribution < -0.4 is 5.32 Å². The molecular weight excluding hydrogens is 487 g/mol. The van der Waals surface area contributed by atoms with Gasteiger partial charge in [0.1, 0.15) is 6.04 Å². The van der Waals surface area contributed by atoms with E-state index in [0.717, 1.165) is 11.1 Å². The number of amides is 2. The van der Waals surface area contributed by atoms with E-state index in [0.29, 0.717) is 27.8 Å². The SMILES string of the molecule is CNC(=O)[C@H](Cc1ccccc1)N(Cc1c(Cl)cccc1Cl)C(=O)CSCc1ccc(C)cc1. The summed E-state index contributed by atoms with van der Waals surface area (Å²) in [7, 11) is 1.58. The first-order chi connectivity index (χ1) is 16.4. The number of rotatable bonds is 10. The highest BCUT2D eigenvalue weighted by Gasteiger charge is 2.30. The van der Waals surface area contributed by atoms with Gasteiger partial charge in [-0.25, -0.2) is 0 Å². The van der Waals surface area contributed by atoms with E-state index in [1.807, 2.05) is 37.3 Å². The molecule has 1 N–H and O–H groups in total. The average Bonchev–Trinajstić information content (AvgIpc) is 2.84. The molecule has 34 heavy (non-hydrogen) atoms. The number of benzene rings is 3. The summed E-state index contributed by atoms with van der Waals surface area (Å²) in [6.07, 6.45) is 0.386. The predicted molar refractivity (Wildman–Crippen MR) is 142 cm³/mol. The molecule has 7 heteroatoms. The third kappa shape index (κ3) is 7.26. The van der Waals surface area contributed by atoms with E-state index >= 15 is 0 Å². The quantitative estimate of drug-likeness (QED) is 0.365. The average molecular weight is 516 g/mol. The summed E-state index contributed by atoms with van der Waals surface area (Å²) in [4.78, 5) is 28.1. The molecule has 0 saturated carbocycles. The highest BCUT2D eigenvalue weighted by atomic mass is 35.5. The van der Waals surface area contributed by atoms with Crippen LogP contribution >= 0.6 is 35.0 Å². The minimum absolute atomic E-state index is 0.141. The van der Waals surface area contributed by atoms with Crippen LogP contribution in [0.3, 0.4) is 0 Å². The molecule has 0 spiro atoms. The molecule has 4 nitrogen and oxygen atoms in total. The highest BCUT2D eigenvalue weighted by molar-refractivity contribution is 7.99. The van der Waals surface area contributed by atoms with Crippen molar-refractivity contribution in [3.05, 3.63) is 105 Å². The number of aryl methyl sites for hydroxylation is 1. The fraction of sp³-hybridized carbons (Fsp3) is 0.259. The third-order valence-corrected chi connectivity index (χ3v) is 7.22. The van der Waals surface area contributed by atoms with Crippen LogP contribution in [0.15, 0.2) is 72.8 Å². The van der Waals surface area contributed by atoms with E-state index in [2.05, 4.69) is 29.6 Å². The van der Waals surface area contributed by atoms with Crippen molar-refractivity contribution in [2.24, 2.45) is 0 Å². The van der Waals surface area contributed by atoms with Crippen LogP contribution in [0.1, 0.15) is 22.3 Å². The number of hydrogen-bond acceptors (Lipinski definition) is 3. The monoisotopic (exact) mass is 514 g/mol. The summed E-state index contributed by atoms with van der Waals surface area (Å²) in [6.45, 7) is 2.19. The lowest BCUT2D eigenvalue weighted by atomic mass is 10.0. The molecule has 3 rings (SSSR count). The van der Waals surface area contributed by atoms with Gasteiger partial charge in [-0.2, -0.15) is 0 Å². The molecule has 0 heterocycles. The lowest BCUT2D eigenvalue weighted by Gasteiger charge is -2.31. The topological polar surface area (TPSA) is 49.4 Å². The molecule has 0 aliphatic rings. The van der Waals surface area contributed by atoms with Crippen molar-refractivity contribution in [3.63, 3.8) is 0 Å². The third-order valence-electron chi connectivity index (χ3n) is 5.52. The first kappa shape index (κ1) is 26.1. The summed E-state index contributed by atoms with van der Waals surface area (Å²) >= 11 is 14.4. The lowest BCUT2D eigenvalue weighted by Crippen LogP contribution is -2.50. The molecular formula is C27H28Cl2N2O2S. The van der Waals surface area contributed by atoms with Crippen molar-refractivity contribution >= 4 is 46.8 Å². The van der Waals surface area contributed by atoms with Gasteiger partial charge in [-0.3, -0.25) is 9.59 Å². The number of carbonyl (C=O) groups is 2. The number of nitrogens with one attached hydrogen (secondary N) is 1. The fourth-order valence-electron chi connectivity index (χ4n) is 3.60. The van der Waals surface area contributed by atoms with Crippen molar-refractivity contribution < 1.29 is 9.59 Å². The van der Waals surface area contributed by atoms with Gasteiger partial charge in [-0.15, -0.1) is 11.8 Å². The largest absolute Gasteiger partial charge is 0.357 e. The molecule has 0 aromatic heterocycles. The molecule has 178 valence electrons. The van der Waals surface area contributed by atoms with E-state index < -0.39 is 6.04 Å². The second-order valence-electron chi connectivity index (χ2n) is 8.02. The first-order valence-electron chi connectivity index (χ1n) is 11.0. The van der Waals surface area contributed by atoms with Gasteiger partial charge in [0, 0.05) is 41.4 Å². The number of thioether (sulfide) groups is 1. The Bertz CT molecular complexity index is 1090. The van der Waals surface area contributed by atoms with Crippen molar-refractivity contribution in [1.29, 1.82) is 0 Å². The Labute approximate surface area is 215 Å². The predicted octanol–water partition coefficient (Wildman–Crippen LogP) is 5.92. The zero-order valence-corrected chi connectivity index (χ0v) is 21.6. The van der Waals surface area contributed by atoms with Crippen LogP contribution in [0.25, 0.3) is 0 Å². The number of likely N-dealkylation sites (N-methyl/N-ethyl adjacent to an activating group) is 1. The van der Waals surface area contributed by atoms with Crippen molar-refractivity contribution in [1.82, 2.24) is 10.2 Å². The minimum atomic E-state index is -0.702.